The van der Waals surface area contributed by atoms with E-state index in [0.717, 1.165) is 12.0 Å². The van der Waals surface area contributed by atoms with E-state index in [1.165, 1.54) is 4.31 Å². The van der Waals surface area contributed by atoms with E-state index in [0.29, 0.717) is 57.0 Å². The number of rotatable bonds is 3. The Morgan fingerprint density at radius 2 is 1.71 bits per heavy atom. The van der Waals surface area contributed by atoms with Crippen LogP contribution in [0.3, 0.4) is 0 Å². The first-order valence-electron chi connectivity index (χ1n) is 9.65. The number of carbonyl (C=O) groups is 2. The largest absolute Gasteiger partial charge is 0.450 e. The van der Waals surface area contributed by atoms with Gasteiger partial charge in [-0.05, 0) is 44.4 Å². The van der Waals surface area contributed by atoms with E-state index >= 15 is 0 Å². The third-order valence-corrected chi connectivity index (χ3v) is 7.02. The number of aryl methyl sites for hydroxylation is 1. The molecular weight excluding hydrogens is 382 g/mol. The molecule has 0 spiro atoms. The lowest BCUT2D eigenvalue weighted by atomic mass is 10.1. The Balaban J connectivity index is 1.74. The van der Waals surface area contributed by atoms with Gasteiger partial charge in [-0.25, -0.2) is 13.2 Å². The van der Waals surface area contributed by atoms with Crippen molar-refractivity contribution in [2.24, 2.45) is 0 Å². The van der Waals surface area contributed by atoms with Crippen LogP contribution in [0.1, 0.15) is 35.7 Å². The van der Waals surface area contributed by atoms with Gasteiger partial charge in [0.25, 0.3) is 5.91 Å². The summed E-state index contributed by atoms with van der Waals surface area (Å²) < 4.78 is 31.3. The van der Waals surface area contributed by atoms with E-state index in [-0.39, 0.29) is 17.8 Å². The number of ether oxygens (including phenoxy) is 1. The van der Waals surface area contributed by atoms with Crippen molar-refractivity contribution >= 4 is 27.7 Å². The Bertz CT molecular complexity index is 847. The number of nitrogens with zero attached hydrogens (tertiary/aromatic N) is 3. The molecule has 1 aromatic carbocycles. The number of anilines is 1. The van der Waals surface area contributed by atoms with Crippen LogP contribution in [0.5, 0.6) is 0 Å². The van der Waals surface area contributed by atoms with Crippen molar-refractivity contribution in [1.29, 1.82) is 0 Å². The first kappa shape index (κ1) is 20.4. The zero-order chi connectivity index (χ0) is 20.3. The summed E-state index contributed by atoms with van der Waals surface area (Å²) in [6.07, 6.45) is 1.12. The maximum atomic E-state index is 12.9. The molecule has 0 unspecified atom stereocenters. The predicted molar refractivity (Wildman–Crippen MR) is 106 cm³/mol. The number of amides is 2. The summed E-state index contributed by atoms with van der Waals surface area (Å²) in [4.78, 5) is 28.0. The van der Waals surface area contributed by atoms with Crippen LogP contribution in [0.15, 0.2) is 18.2 Å². The van der Waals surface area contributed by atoms with Gasteiger partial charge in [-0.2, -0.15) is 0 Å². The van der Waals surface area contributed by atoms with Crippen LogP contribution in [0.25, 0.3) is 0 Å². The monoisotopic (exact) mass is 409 g/mol. The van der Waals surface area contributed by atoms with Gasteiger partial charge in [0.05, 0.1) is 18.0 Å². The number of carbonyl (C=O) groups excluding carboxylic acids is 2. The summed E-state index contributed by atoms with van der Waals surface area (Å²) in [6.45, 7) is 6.06. The third kappa shape index (κ3) is 4.24. The Hall–Kier alpha value is -2.29. The lowest BCUT2D eigenvalue weighted by Gasteiger charge is -2.34. The zero-order valence-electron chi connectivity index (χ0n) is 16.4. The molecule has 2 amide bonds. The molecule has 0 aromatic heterocycles. The zero-order valence-corrected chi connectivity index (χ0v) is 17.2. The van der Waals surface area contributed by atoms with Gasteiger partial charge in [-0.15, -0.1) is 0 Å². The fourth-order valence-electron chi connectivity index (χ4n) is 3.56. The lowest BCUT2D eigenvalue weighted by molar-refractivity contribution is 0.0570. The smallest absolute Gasteiger partial charge is 0.409 e. The molecule has 0 bridgehead atoms. The van der Waals surface area contributed by atoms with Gasteiger partial charge in [-0.3, -0.25) is 9.10 Å². The highest BCUT2D eigenvalue weighted by Gasteiger charge is 2.29. The summed E-state index contributed by atoms with van der Waals surface area (Å²) in [7, 11) is -3.34. The highest BCUT2D eigenvalue weighted by molar-refractivity contribution is 7.92. The first-order chi connectivity index (χ1) is 13.3. The van der Waals surface area contributed by atoms with E-state index in [1.54, 1.807) is 34.9 Å². The fourth-order valence-corrected chi connectivity index (χ4v) is 5.25. The quantitative estimate of drug-likeness (QED) is 0.760. The van der Waals surface area contributed by atoms with Gasteiger partial charge >= 0.3 is 6.09 Å². The Morgan fingerprint density at radius 3 is 2.36 bits per heavy atom. The van der Waals surface area contributed by atoms with Crippen LogP contribution in [0.2, 0.25) is 0 Å². The maximum Gasteiger partial charge on any atom is 0.409 e. The summed E-state index contributed by atoms with van der Waals surface area (Å²) >= 11 is 0. The molecule has 2 aliphatic rings. The average Bonchev–Trinajstić information content (AvgIpc) is 2.68. The summed E-state index contributed by atoms with van der Waals surface area (Å²) in [5, 5.41) is 0. The van der Waals surface area contributed by atoms with Crippen molar-refractivity contribution in [3.8, 4) is 0 Å². The predicted octanol–water partition coefficient (Wildman–Crippen LogP) is 1.84. The molecule has 2 aliphatic heterocycles. The average molecular weight is 410 g/mol. The van der Waals surface area contributed by atoms with Gasteiger partial charge in [0, 0.05) is 38.3 Å². The van der Waals surface area contributed by atoms with Gasteiger partial charge in [0.15, 0.2) is 0 Å². The molecule has 0 saturated carbocycles. The van der Waals surface area contributed by atoms with Crippen molar-refractivity contribution in [3.05, 3.63) is 29.3 Å². The molecule has 2 heterocycles. The Kier molecular flexibility index (Phi) is 6.12. The fraction of sp³-hybridized carbons (Fsp3) is 0.579. The van der Waals surface area contributed by atoms with Crippen molar-refractivity contribution < 1.29 is 22.7 Å². The van der Waals surface area contributed by atoms with E-state index in [1.807, 2.05) is 6.92 Å². The van der Waals surface area contributed by atoms with Crippen molar-refractivity contribution in [2.45, 2.75) is 26.7 Å². The van der Waals surface area contributed by atoms with E-state index in [4.69, 9.17) is 4.74 Å². The molecule has 0 atom stereocenters. The molecule has 2 saturated heterocycles. The molecule has 2 fully saturated rings. The minimum Gasteiger partial charge on any atom is -0.450 e. The number of hydrogen-bond donors (Lipinski definition) is 0. The van der Waals surface area contributed by atoms with Gasteiger partial charge in [0.2, 0.25) is 10.0 Å². The summed E-state index contributed by atoms with van der Waals surface area (Å²) in [6, 6.07) is 5.20. The molecule has 0 N–H and O–H groups in total. The maximum absolute atomic E-state index is 12.9. The molecule has 28 heavy (non-hydrogen) atoms. The van der Waals surface area contributed by atoms with Gasteiger partial charge < -0.3 is 14.5 Å². The number of benzene rings is 1. The van der Waals surface area contributed by atoms with Crippen LogP contribution in [-0.2, 0) is 14.8 Å². The third-order valence-electron chi connectivity index (χ3n) is 5.17. The highest BCUT2D eigenvalue weighted by atomic mass is 32.2. The second kappa shape index (κ2) is 8.38. The molecule has 1 aromatic rings. The molecule has 0 aliphatic carbocycles. The van der Waals surface area contributed by atoms with Gasteiger partial charge in [-0.1, -0.05) is 6.07 Å². The highest BCUT2D eigenvalue weighted by Crippen LogP contribution is 2.28. The van der Waals surface area contributed by atoms with Crippen LogP contribution < -0.4 is 4.31 Å². The first-order valence-corrected chi connectivity index (χ1v) is 11.3. The van der Waals surface area contributed by atoms with E-state index < -0.39 is 10.0 Å². The standard InChI is InChI=1S/C19H27N3O5S/c1-3-27-19(24)21-11-9-20(10-12-21)18(23)16-7-6-15(2)17(14-16)22-8-4-5-13-28(22,25)26/h6-7,14H,3-5,8-13H2,1-2H3. The van der Waals surface area contributed by atoms with Crippen LogP contribution in [-0.4, -0.2) is 75.3 Å². The second-order valence-corrected chi connectivity index (χ2v) is 9.09. The van der Waals surface area contributed by atoms with Crippen LogP contribution in [0.4, 0.5) is 10.5 Å². The second-order valence-electron chi connectivity index (χ2n) is 7.07. The summed E-state index contributed by atoms with van der Waals surface area (Å²) in [5.41, 5.74) is 1.87. The topological polar surface area (TPSA) is 87.2 Å². The molecule has 8 nitrogen and oxygen atoms in total. The van der Waals surface area contributed by atoms with Gasteiger partial charge in [0.1, 0.15) is 0 Å². The minimum absolute atomic E-state index is 0.139. The van der Waals surface area contributed by atoms with Crippen LogP contribution in [0, 0.1) is 6.92 Å². The van der Waals surface area contributed by atoms with E-state index in [9.17, 15) is 18.0 Å². The number of sulfonamides is 1. The molecule has 9 heteroatoms. The Labute approximate surface area is 166 Å². The minimum atomic E-state index is -3.34. The molecule has 154 valence electrons. The molecule has 0 radical (unpaired) electrons. The van der Waals surface area contributed by atoms with Crippen molar-refractivity contribution in [3.63, 3.8) is 0 Å². The molecular formula is C19H27N3O5S. The number of piperazine rings is 1. The SMILES string of the molecule is CCOC(=O)N1CCN(C(=O)c2ccc(C)c(N3CCCCS3(=O)=O)c2)CC1. The van der Waals surface area contributed by atoms with Crippen molar-refractivity contribution in [2.75, 3.05) is 49.4 Å². The van der Waals surface area contributed by atoms with Crippen LogP contribution >= 0.6 is 0 Å². The normalized spacial score (nSPS) is 19.4. The Morgan fingerprint density at radius 1 is 1.04 bits per heavy atom. The number of hydrogen-bond acceptors (Lipinski definition) is 5. The van der Waals surface area contributed by atoms with E-state index in [2.05, 4.69) is 0 Å². The summed E-state index contributed by atoms with van der Waals surface area (Å²) in [5.74, 6) is -0.0142. The molecule has 3 rings (SSSR count). The lowest BCUT2D eigenvalue weighted by Crippen LogP contribution is -2.50. The van der Waals surface area contributed by atoms with Crippen molar-refractivity contribution in [1.82, 2.24) is 9.80 Å².